The van der Waals surface area contributed by atoms with E-state index in [4.69, 9.17) is 0 Å². The summed E-state index contributed by atoms with van der Waals surface area (Å²) >= 11 is 0. The van der Waals surface area contributed by atoms with Crippen LogP contribution in [0.25, 0.3) is 11.0 Å². The highest BCUT2D eigenvalue weighted by atomic mass is 19.1. The van der Waals surface area contributed by atoms with Crippen LogP contribution in [0.2, 0.25) is 0 Å². The summed E-state index contributed by atoms with van der Waals surface area (Å²) in [6.45, 7) is 1.75. The van der Waals surface area contributed by atoms with E-state index in [1.165, 1.54) is 18.3 Å². The van der Waals surface area contributed by atoms with Gasteiger partial charge in [0.2, 0.25) is 0 Å². The maximum atomic E-state index is 13.6. The minimum atomic E-state index is -1.12. The molecule has 0 saturated heterocycles. The van der Waals surface area contributed by atoms with Crippen LogP contribution in [0.1, 0.15) is 27.7 Å². The molecule has 7 heteroatoms. The molecule has 0 fully saturated rings. The molecular formula is C17H17FN4O2. The van der Waals surface area contributed by atoms with Gasteiger partial charge in [0.1, 0.15) is 5.82 Å². The molecule has 2 heterocycles. The van der Waals surface area contributed by atoms with Gasteiger partial charge in [0.05, 0.1) is 17.4 Å². The summed E-state index contributed by atoms with van der Waals surface area (Å²) in [5.41, 5.74) is 1.98. The zero-order valence-electron chi connectivity index (χ0n) is 13.3. The molecule has 124 valence electrons. The van der Waals surface area contributed by atoms with Gasteiger partial charge in [0.25, 0.3) is 5.91 Å². The third-order valence-corrected chi connectivity index (χ3v) is 3.85. The first-order valence-electron chi connectivity index (χ1n) is 7.47. The number of hydrogen-bond donors (Lipinski definition) is 2. The van der Waals surface area contributed by atoms with E-state index in [9.17, 15) is 14.3 Å². The molecule has 0 saturated carbocycles. The number of amides is 1. The Morgan fingerprint density at radius 2 is 2.17 bits per heavy atom. The van der Waals surface area contributed by atoms with Crippen LogP contribution in [0.4, 0.5) is 4.39 Å². The van der Waals surface area contributed by atoms with E-state index >= 15 is 0 Å². The van der Waals surface area contributed by atoms with Crippen molar-refractivity contribution in [2.45, 2.75) is 13.0 Å². The second kappa shape index (κ2) is 6.37. The molecule has 3 aromatic rings. The summed E-state index contributed by atoms with van der Waals surface area (Å²) in [4.78, 5) is 16.5. The molecule has 0 radical (unpaired) electrons. The lowest BCUT2D eigenvalue weighted by atomic mass is 10.1. The van der Waals surface area contributed by atoms with Crippen LogP contribution in [0.3, 0.4) is 0 Å². The van der Waals surface area contributed by atoms with Gasteiger partial charge in [-0.15, -0.1) is 0 Å². The first-order valence-corrected chi connectivity index (χ1v) is 7.47. The molecule has 24 heavy (non-hydrogen) atoms. The summed E-state index contributed by atoms with van der Waals surface area (Å²) in [6, 6.07) is 7.63. The Bertz CT molecular complexity index is 907. The van der Waals surface area contributed by atoms with Crippen LogP contribution in [-0.4, -0.2) is 32.3 Å². The number of hydrogen-bond acceptors (Lipinski definition) is 4. The lowest BCUT2D eigenvalue weighted by Crippen LogP contribution is -2.28. The number of benzene rings is 1. The molecule has 0 spiro atoms. The molecule has 2 aromatic heterocycles. The Kier molecular flexibility index (Phi) is 4.26. The molecule has 1 amide bonds. The van der Waals surface area contributed by atoms with Crippen molar-refractivity contribution in [1.82, 2.24) is 20.1 Å². The van der Waals surface area contributed by atoms with E-state index < -0.39 is 11.9 Å². The number of nitrogens with one attached hydrogen (secondary N) is 1. The number of aryl methyl sites for hydroxylation is 2. The minimum Gasteiger partial charge on any atom is -0.386 e. The monoisotopic (exact) mass is 328 g/mol. The second-order valence-electron chi connectivity index (χ2n) is 5.55. The van der Waals surface area contributed by atoms with Gasteiger partial charge in [-0.25, -0.2) is 9.37 Å². The molecule has 1 unspecified atom stereocenters. The van der Waals surface area contributed by atoms with Gasteiger partial charge in [-0.05, 0) is 19.1 Å². The van der Waals surface area contributed by atoms with Gasteiger partial charge in [0, 0.05) is 30.7 Å². The number of aliphatic hydroxyl groups excluding tert-OH is 1. The van der Waals surface area contributed by atoms with Crippen molar-refractivity contribution in [3.05, 3.63) is 59.2 Å². The van der Waals surface area contributed by atoms with Gasteiger partial charge in [-0.3, -0.25) is 9.48 Å². The predicted molar refractivity (Wildman–Crippen MR) is 86.9 cm³/mol. The molecule has 3 rings (SSSR count). The van der Waals surface area contributed by atoms with Crippen molar-refractivity contribution in [2.24, 2.45) is 7.05 Å². The van der Waals surface area contributed by atoms with Gasteiger partial charge in [-0.1, -0.05) is 18.2 Å². The fourth-order valence-electron chi connectivity index (χ4n) is 2.58. The number of carbonyl (C=O) groups is 1. The number of fused-ring (bicyclic) bond motifs is 1. The Hall–Kier alpha value is -2.80. The fourth-order valence-corrected chi connectivity index (χ4v) is 2.58. The van der Waals surface area contributed by atoms with Crippen LogP contribution in [0.15, 0.2) is 36.5 Å². The van der Waals surface area contributed by atoms with Crippen molar-refractivity contribution in [3.8, 4) is 0 Å². The first kappa shape index (κ1) is 16.1. The normalized spacial score (nSPS) is 12.3. The van der Waals surface area contributed by atoms with Crippen molar-refractivity contribution in [2.75, 3.05) is 6.54 Å². The summed E-state index contributed by atoms with van der Waals surface area (Å²) in [5, 5.41) is 17.7. The maximum Gasteiger partial charge on any atom is 0.252 e. The topological polar surface area (TPSA) is 80.0 Å². The van der Waals surface area contributed by atoms with Gasteiger partial charge >= 0.3 is 0 Å². The van der Waals surface area contributed by atoms with E-state index in [1.807, 2.05) is 6.92 Å². The third kappa shape index (κ3) is 2.98. The number of aromatic nitrogens is 3. The van der Waals surface area contributed by atoms with Crippen molar-refractivity contribution in [3.63, 3.8) is 0 Å². The van der Waals surface area contributed by atoms with Crippen molar-refractivity contribution < 1.29 is 14.3 Å². The largest absolute Gasteiger partial charge is 0.386 e. The lowest BCUT2D eigenvalue weighted by Gasteiger charge is -2.13. The average Bonchev–Trinajstić information content (AvgIpc) is 2.86. The van der Waals surface area contributed by atoms with E-state index in [0.29, 0.717) is 11.2 Å². The van der Waals surface area contributed by atoms with Crippen LogP contribution in [0, 0.1) is 12.7 Å². The van der Waals surface area contributed by atoms with E-state index in [1.54, 1.807) is 29.9 Å². The van der Waals surface area contributed by atoms with Crippen LogP contribution < -0.4 is 5.32 Å². The summed E-state index contributed by atoms with van der Waals surface area (Å²) in [6.07, 6.45) is 0.334. The molecule has 1 aromatic carbocycles. The number of aliphatic hydroxyl groups is 1. The lowest BCUT2D eigenvalue weighted by molar-refractivity contribution is 0.0914. The molecule has 1 atom stereocenters. The minimum absolute atomic E-state index is 0.0934. The van der Waals surface area contributed by atoms with Gasteiger partial charge < -0.3 is 10.4 Å². The van der Waals surface area contributed by atoms with Crippen LogP contribution >= 0.6 is 0 Å². The van der Waals surface area contributed by atoms with E-state index in [-0.39, 0.29) is 18.0 Å². The Labute approximate surface area is 137 Å². The maximum absolute atomic E-state index is 13.6. The highest BCUT2D eigenvalue weighted by Gasteiger charge is 2.15. The predicted octanol–water partition coefficient (Wildman–Crippen LogP) is 1.88. The number of carbonyl (C=O) groups excluding carboxylic acids is 1. The Morgan fingerprint density at radius 3 is 2.92 bits per heavy atom. The molecule has 0 aliphatic heterocycles. The Morgan fingerprint density at radius 1 is 1.42 bits per heavy atom. The summed E-state index contributed by atoms with van der Waals surface area (Å²) < 4.78 is 15.3. The van der Waals surface area contributed by atoms with Gasteiger partial charge in [0.15, 0.2) is 5.65 Å². The highest BCUT2D eigenvalue weighted by molar-refractivity contribution is 5.97. The highest BCUT2D eigenvalue weighted by Crippen LogP contribution is 2.18. The zero-order chi connectivity index (χ0) is 17.3. The molecule has 6 nitrogen and oxygen atoms in total. The molecule has 0 bridgehead atoms. The number of halogens is 1. The Balaban J connectivity index is 1.73. The van der Waals surface area contributed by atoms with Crippen LogP contribution in [0.5, 0.6) is 0 Å². The summed E-state index contributed by atoms with van der Waals surface area (Å²) in [5.74, 6) is -0.892. The molecule has 0 aliphatic rings. The fraction of sp³-hybridized carbons (Fsp3) is 0.235. The number of pyridine rings is 1. The summed E-state index contributed by atoms with van der Waals surface area (Å²) in [7, 11) is 1.78. The first-order chi connectivity index (χ1) is 11.5. The number of nitrogens with zero attached hydrogens (tertiary/aromatic N) is 3. The molecule has 0 aliphatic carbocycles. The average molecular weight is 328 g/mol. The smallest absolute Gasteiger partial charge is 0.252 e. The quantitative estimate of drug-likeness (QED) is 0.766. The standard InChI is InChI=1S/C17H17FN4O2/c1-10-13-7-11(8-19-16(13)22(2)21-10)17(24)20-9-15(23)12-5-3-4-6-14(12)18/h3-8,15,23H,9H2,1-2H3,(H,20,24). The van der Waals surface area contributed by atoms with Crippen LogP contribution in [-0.2, 0) is 7.05 Å². The van der Waals surface area contributed by atoms with Crippen molar-refractivity contribution >= 4 is 16.9 Å². The van der Waals surface area contributed by atoms with Gasteiger partial charge in [-0.2, -0.15) is 5.10 Å². The molecular weight excluding hydrogens is 311 g/mol. The van der Waals surface area contributed by atoms with E-state index in [0.717, 1.165) is 11.1 Å². The zero-order valence-corrected chi connectivity index (χ0v) is 13.3. The van der Waals surface area contributed by atoms with E-state index in [2.05, 4.69) is 15.4 Å². The SMILES string of the molecule is Cc1nn(C)c2ncc(C(=O)NCC(O)c3ccccc3F)cc12. The molecule has 2 N–H and O–H groups in total. The number of rotatable bonds is 4. The van der Waals surface area contributed by atoms with Crippen molar-refractivity contribution in [1.29, 1.82) is 0 Å². The third-order valence-electron chi connectivity index (χ3n) is 3.85. The second-order valence-corrected chi connectivity index (χ2v) is 5.55.